The van der Waals surface area contributed by atoms with Crippen molar-refractivity contribution in [3.8, 4) is 0 Å². The largest absolute Gasteiger partial charge is 0.469 e. The molecule has 6 nitrogen and oxygen atoms in total. The lowest BCUT2D eigenvalue weighted by Crippen LogP contribution is -2.48. The van der Waals surface area contributed by atoms with E-state index < -0.39 is 10.2 Å². The van der Waals surface area contributed by atoms with Crippen LogP contribution in [0.2, 0.25) is 0 Å². The maximum absolute atomic E-state index is 12.3. The highest BCUT2D eigenvalue weighted by molar-refractivity contribution is 7.87. The molecule has 0 aliphatic carbocycles. The van der Waals surface area contributed by atoms with E-state index in [1.165, 1.54) is 4.31 Å². The fourth-order valence-corrected chi connectivity index (χ4v) is 4.05. The normalized spacial score (nSPS) is 19.7. The average Bonchev–Trinajstić information content (AvgIpc) is 2.98. The van der Waals surface area contributed by atoms with Gasteiger partial charge in [0.25, 0.3) is 10.2 Å². The van der Waals surface area contributed by atoms with Gasteiger partial charge in [-0.15, -0.1) is 0 Å². The van der Waals surface area contributed by atoms with Crippen LogP contribution in [-0.2, 0) is 16.6 Å². The van der Waals surface area contributed by atoms with E-state index in [1.807, 2.05) is 19.1 Å². The summed E-state index contributed by atoms with van der Waals surface area (Å²) < 4.78 is 34.2. The quantitative estimate of drug-likeness (QED) is 0.789. The SMILES string of the molecule is CC(CCc1ccco1)NS(=O)(=O)N1CCC(CN)CC1. The molecule has 0 radical (unpaired) electrons. The first-order valence-electron chi connectivity index (χ1n) is 7.51. The maximum atomic E-state index is 12.3. The summed E-state index contributed by atoms with van der Waals surface area (Å²) in [4.78, 5) is 0. The van der Waals surface area contributed by atoms with Gasteiger partial charge in [0.1, 0.15) is 5.76 Å². The first-order valence-corrected chi connectivity index (χ1v) is 8.95. The second kappa shape index (κ2) is 7.40. The lowest BCUT2D eigenvalue weighted by atomic mass is 9.99. The first kappa shape index (κ1) is 16.5. The van der Waals surface area contributed by atoms with E-state index in [1.54, 1.807) is 6.26 Å². The van der Waals surface area contributed by atoms with Gasteiger partial charge >= 0.3 is 0 Å². The molecule has 0 aromatic carbocycles. The Morgan fingerprint density at radius 3 is 2.76 bits per heavy atom. The molecule has 3 N–H and O–H groups in total. The Hall–Kier alpha value is -0.890. The van der Waals surface area contributed by atoms with Crippen LogP contribution in [0.15, 0.2) is 22.8 Å². The molecule has 1 fully saturated rings. The molecule has 0 spiro atoms. The van der Waals surface area contributed by atoms with Gasteiger partial charge in [0.2, 0.25) is 0 Å². The fourth-order valence-electron chi connectivity index (χ4n) is 2.59. The van der Waals surface area contributed by atoms with Gasteiger partial charge in [-0.1, -0.05) is 0 Å². The van der Waals surface area contributed by atoms with Gasteiger partial charge in [0, 0.05) is 25.6 Å². The highest BCUT2D eigenvalue weighted by Gasteiger charge is 2.28. The maximum Gasteiger partial charge on any atom is 0.279 e. The predicted octanol–water partition coefficient (Wildman–Crippen LogP) is 1.11. The number of nitrogens with two attached hydrogens (primary N) is 1. The van der Waals surface area contributed by atoms with Crippen LogP contribution in [0.4, 0.5) is 0 Å². The molecular formula is C14H25N3O3S. The van der Waals surface area contributed by atoms with E-state index >= 15 is 0 Å². The monoisotopic (exact) mass is 315 g/mol. The number of piperidine rings is 1. The number of aryl methyl sites for hydroxylation is 1. The Kier molecular flexibility index (Phi) is 5.80. The molecule has 0 amide bonds. The van der Waals surface area contributed by atoms with Gasteiger partial charge in [-0.3, -0.25) is 0 Å². The van der Waals surface area contributed by atoms with Crippen molar-refractivity contribution in [2.45, 2.75) is 38.6 Å². The van der Waals surface area contributed by atoms with E-state index in [2.05, 4.69) is 4.72 Å². The third-order valence-electron chi connectivity index (χ3n) is 4.00. The number of hydrogen-bond donors (Lipinski definition) is 2. The first-order chi connectivity index (χ1) is 10.0. The van der Waals surface area contributed by atoms with E-state index in [0.29, 0.717) is 32.0 Å². The molecule has 2 heterocycles. The van der Waals surface area contributed by atoms with Crippen molar-refractivity contribution < 1.29 is 12.8 Å². The van der Waals surface area contributed by atoms with Crippen LogP contribution in [-0.4, -0.2) is 38.4 Å². The molecule has 1 unspecified atom stereocenters. The van der Waals surface area contributed by atoms with Crippen molar-refractivity contribution >= 4 is 10.2 Å². The minimum atomic E-state index is -3.39. The average molecular weight is 315 g/mol. The van der Waals surface area contributed by atoms with Crippen LogP contribution in [0.5, 0.6) is 0 Å². The van der Waals surface area contributed by atoms with Crippen molar-refractivity contribution in [2.75, 3.05) is 19.6 Å². The van der Waals surface area contributed by atoms with Crippen molar-refractivity contribution in [1.29, 1.82) is 0 Å². The van der Waals surface area contributed by atoms with Gasteiger partial charge in [-0.2, -0.15) is 17.4 Å². The second-order valence-electron chi connectivity index (χ2n) is 5.72. The van der Waals surface area contributed by atoms with E-state index in [4.69, 9.17) is 10.2 Å². The molecule has 7 heteroatoms. The van der Waals surface area contributed by atoms with Crippen LogP contribution in [0, 0.1) is 5.92 Å². The molecule has 1 saturated heterocycles. The minimum absolute atomic E-state index is 0.118. The zero-order chi connectivity index (χ0) is 15.3. The highest BCUT2D eigenvalue weighted by Crippen LogP contribution is 2.18. The molecule has 21 heavy (non-hydrogen) atoms. The Bertz CT molecular complexity index is 508. The zero-order valence-corrected chi connectivity index (χ0v) is 13.3. The Labute approximate surface area is 126 Å². The molecule has 1 aliphatic rings. The summed E-state index contributed by atoms with van der Waals surface area (Å²) in [5.41, 5.74) is 5.63. The molecule has 1 aromatic rings. The minimum Gasteiger partial charge on any atom is -0.469 e. The molecule has 0 saturated carbocycles. The van der Waals surface area contributed by atoms with Crippen LogP contribution >= 0.6 is 0 Å². The van der Waals surface area contributed by atoms with E-state index in [0.717, 1.165) is 25.0 Å². The van der Waals surface area contributed by atoms with Gasteiger partial charge in [0.05, 0.1) is 6.26 Å². The van der Waals surface area contributed by atoms with Crippen LogP contribution in [0.3, 0.4) is 0 Å². The fraction of sp³-hybridized carbons (Fsp3) is 0.714. The summed E-state index contributed by atoms with van der Waals surface area (Å²) >= 11 is 0. The number of nitrogens with zero attached hydrogens (tertiary/aromatic N) is 1. The summed E-state index contributed by atoms with van der Waals surface area (Å²) in [6.07, 6.45) is 4.76. The predicted molar refractivity (Wildman–Crippen MR) is 81.9 cm³/mol. The highest BCUT2D eigenvalue weighted by atomic mass is 32.2. The van der Waals surface area contributed by atoms with Crippen LogP contribution < -0.4 is 10.5 Å². The van der Waals surface area contributed by atoms with Gasteiger partial charge in [-0.05, 0) is 50.8 Å². The Morgan fingerprint density at radius 1 is 1.48 bits per heavy atom. The molecule has 0 bridgehead atoms. The van der Waals surface area contributed by atoms with Crippen LogP contribution in [0.1, 0.15) is 31.9 Å². The lowest BCUT2D eigenvalue weighted by molar-refractivity contribution is 0.274. The Balaban J connectivity index is 1.80. The van der Waals surface area contributed by atoms with Gasteiger partial charge in [-0.25, -0.2) is 0 Å². The molecular weight excluding hydrogens is 290 g/mol. The van der Waals surface area contributed by atoms with Crippen molar-refractivity contribution in [3.05, 3.63) is 24.2 Å². The molecule has 120 valence electrons. The number of furan rings is 1. The smallest absolute Gasteiger partial charge is 0.279 e. The number of hydrogen-bond acceptors (Lipinski definition) is 4. The van der Waals surface area contributed by atoms with Gasteiger partial charge < -0.3 is 10.2 Å². The molecule has 1 aromatic heterocycles. The van der Waals surface area contributed by atoms with E-state index in [-0.39, 0.29) is 6.04 Å². The third kappa shape index (κ3) is 4.81. The summed E-state index contributed by atoms with van der Waals surface area (Å²) in [5.74, 6) is 1.33. The van der Waals surface area contributed by atoms with Crippen molar-refractivity contribution in [2.24, 2.45) is 11.7 Å². The molecule has 2 rings (SSSR count). The summed E-state index contributed by atoms with van der Waals surface area (Å²) in [6.45, 7) is 3.64. The van der Waals surface area contributed by atoms with E-state index in [9.17, 15) is 8.42 Å². The Morgan fingerprint density at radius 2 is 2.19 bits per heavy atom. The second-order valence-corrected chi connectivity index (χ2v) is 7.42. The summed E-state index contributed by atoms with van der Waals surface area (Å²) in [6, 6.07) is 3.62. The lowest BCUT2D eigenvalue weighted by Gasteiger charge is -2.31. The van der Waals surface area contributed by atoms with Crippen molar-refractivity contribution in [1.82, 2.24) is 9.03 Å². The van der Waals surface area contributed by atoms with Gasteiger partial charge in [0.15, 0.2) is 0 Å². The number of rotatable bonds is 7. The topological polar surface area (TPSA) is 88.6 Å². The summed E-state index contributed by atoms with van der Waals surface area (Å²) in [7, 11) is -3.39. The zero-order valence-electron chi connectivity index (χ0n) is 12.5. The standard InChI is InChI=1S/C14H25N3O3S/c1-12(4-5-14-3-2-10-20-14)16-21(18,19)17-8-6-13(11-15)7-9-17/h2-3,10,12-13,16H,4-9,11,15H2,1H3. The molecule has 1 aliphatic heterocycles. The molecule has 1 atom stereocenters. The van der Waals surface area contributed by atoms with Crippen LogP contribution in [0.25, 0.3) is 0 Å². The third-order valence-corrected chi connectivity index (χ3v) is 5.75. The summed E-state index contributed by atoms with van der Waals surface area (Å²) in [5, 5.41) is 0. The number of nitrogens with one attached hydrogen (secondary N) is 1. The van der Waals surface area contributed by atoms with Crippen molar-refractivity contribution in [3.63, 3.8) is 0 Å².